The summed E-state index contributed by atoms with van der Waals surface area (Å²) in [5, 5.41) is 16.8. The molecule has 7 heteroatoms. The number of aromatic carboxylic acids is 1. The van der Waals surface area contributed by atoms with Crippen LogP contribution in [0.15, 0.2) is 53.8 Å². The monoisotopic (exact) mass is 558 g/mol. The number of hydrogen-bond acceptors (Lipinski definition) is 4. The number of aryl methyl sites for hydroxylation is 1. The third-order valence-corrected chi connectivity index (χ3v) is 8.63. The lowest BCUT2D eigenvalue weighted by molar-refractivity contribution is -0.451. The van der Waals surface area contributed by atoms with Crippen molar-refractivity contribution in [2.45, 2.75) is 61.3 Å². The van der Waals surface area contributed by atoms with Crippen LogP contribution in [0.2, 0.25) is 0 Å². The largest absolute Gasteiger partial charge is 0.478 e. The minimum absolute atomic E-state index is 0.0865. The quantitative estimate of drug-likeness (QED) is 0.345. The number of allylic oxidation sites excluding steroid dienone is 3. The van der Waals surface area contributed by atoms with Crippen molar-refractivity contribution in [1.82, 2.24) is 5.32 Å². The van der Waals surface area contributed by atoms with Gasteiger partial charge >= 0.3 is 5.97 Å². The average molecular weight is 559 g/mol. The van der Waals surface area contributed by atoms with Crippen molar-refractivity contribution in [3.05, 3.63) is 81.6 Å². The van der Waals surface area contributed by atoms with Crippen molar-refractivity contribution in [2.75, 3.05) is 25.0 Å². The van der Waals surface area contributed by atoms with Crippen LogP contribution in [0.1, 0.15) is 91.8 Å². The van der Waals surface area contributed by atoms with Crippen molar-refractivity contribution in [1.29, 1.82) is 0 Å². The second-order valence-electron chi connectivity index (χ2n) is 12.1. The third-order valence-electron chi connectivity index (χ3n) is 8.63. The van der Waals surface area contributed by atoms with E-state index in [1.165, 1.54) is 6.07 Å². The van der Waals surface area contributed by atoms with Gasteiger partial charge in [0, 0.05) is 59.5 Å². The molecule has 0 spiro atoms. The van der Waals surface area contributed by atoms with Crippen LogP contribution in [0.4, 0.5) is 5.69 Å². The Balaban J connectivity index is 1.84. The molecular weight excluding hydrogens is 514 g/mol. The van der Waals surface area contributed by atoms with E-state index in [-0.39, 0.29) is 28.7 Å². The second kappa shape index (κ2) is 11.9. The van der Waals surface area contributed by atoms with E-state index in [1.807, 2.05) is 32.1 Å². The summed E-state index contributed by atoms with van der Waals surface area (Å²) in [6.45, 7) is 18.7. The number of fused-ring (bicyclic) bond motifs is 2. The first-order valence-electron chi connectivity index (χ1n) is 14.6. The highest BCUT2D eigenvalue weighted by atomic mass is 16.5. The van der Waals surface area contributed by atoms with Gasteiger partial charge in [0.05, 0.1) is 5.56 Å². The van der Waals surface area contributed by atoms with E-state index in [9.17, 15) is 14.7 Å². The Morgan fingerprint density at radius 2 is 1.83 bits per heavy atom. The smallest absolute Gasteiger partial charge is 0.336 e. The molecule has 2 aliphatic rings. The molecule has 2 unspecified atom stereocenters. The van der Waals surface area contributed by atoms with Crippen LogP contribution in [0.25, 0.3) is 0 Å². The minimum atomic E-state index is -1.06. The average Bonchev–Trinajstić information content (AvgIpc) is 2.92. The topological polar surface area (TPSA) is 102 Å². The number of nitrogens with one attached hydrogen (secondary N) is 3. The van der Waals surface area contributed by atoms with Gasteiger partial charge < -0.3 is 20.5 Å². The highest BCUT2D eigenvalue weighted by molar-refractivity contribution is 6.05. The molecule has 4 N–H and O–H groups in total. The van der Waals surface area contributed by atoms with Gasteiger partial charge in [-0.1, -0.05) is 39.8 Å². The highest BCUT2D eigenvalue weighted by Gasteiger charge is 2.40. The molecule has 4 rings (SSSR count). The molecule has 1 heterocycles. The van der Waals surface area contributed by atoms with Crippen LogP contribution in [-0.2, 0) is 0 Å². The molecule has 41 heavy (non-hydrogen) atoms. The molecule has 0 radical (unpaired) electrons. The molecule has 0 saturated carbocycles. The summed E-state index contributed by atoms with van der Waals surface area (Å²) in [7, 11) is 0. The lowest BCUT2D eigenvalue weighted by atomic mass is 9.73. The van der Waals surface area contributed by atoms with Gasteiger partial charge in [-0.25, -0.2) is 9.79 Å². The zero-order valence-corrected chi connectivity index (χ0v) is 25.6. The van der Waals surface area contributed by atoms with Crippen molar-refractivity contribution >= 4 is 23.3 Å². The maximum atomic E-state index is 13.1. The summed E-state index contributed by atoms with van der Waals surface area (Å²) >= 11 is 0. The number of carbonyl (C=O) groups is 2. The summed E-state index contributed by atoms with van der Waals surface area (Å²) in [5.41, 5.74) is 6.08. The predicted molar refractivity (Wildman–Crippen MR) is 164 cm³/mol. The fraction of sp³-hybridized carbons (Fsp3) is 0.441. The van der Waals surface area contributed by atoms with Gasteiger partial charge in [0.15, 0.2) is 0 Å². The highest BCUT2D eigenvalue weighted by Crippen LogP contribution is 2.50. The van der Waals surface area contributed by atoms with E-state index in [1.54, 1.807) is 6.07 Å². The third kappa shape index (κ3) is 6.09. The lowest BCUT2D eigenvalue weighted by Crippen LogP contribution is -2.72. The minimum Gasteiger partial charge on any atom is -0.478 e. The van der Waals surface area contributed by atoms with Crippen molar-refractivity contribution in [2.24, 2.45) is 17.3 Å². The number of carboxylic acids is 1. The summed E-state index contributed by atoms with van der Waals surface area (Å²) in [5.74, 6) is 0.0172. The zero-order valence-electron chi connectivity index (χ0n) is 25.6. The lowest BCUT2D eigenvalue weighted by Gasteiger charge is -2.37. The van der Waals surface area contributed by atoms with Gasteiger partial charge in [0.2, 0.25) is 5.71 Å². The number of anilines is 1. The number of rotatable bonds is 9. The fourth-order valence-electron chi connectivity index (χ4n) is 5.40. The molecule has 1 aliphatic carbocycles. The van der Waals surface area contributed by atoms with Gasteiger partial charge in [-0.15, -0.1) is 0 Å². The summed E-state index contributed by atoms with van der Waals surface area (Å²) < 4.78 is 6.50. The molecular formula is C34H44N3O4+. The van der Waals surface area contributed by atoms with Crippen LogP contribution in [0.3, 0.4) is 0 Å². The van der Waals surface area contributed by atoms with E-state index in [0.29, 0.717) is 29.3 Å². The summed E-state index contributed by atoms with van der Waals surface area (Å²) in [6, 6.07) is 9.18. The van der Waals surface area contributed by atoms with Gasteiger partial charge in [-0.3, -0.25) is 4.79 Å². The molecule has 2 aromatic carbocycles. The first kappa shape index (κ1) is 30.1. The van der Waals surface area contributed by atoms with Gasteiger partial charge in [-0.05, 0) is 68.4 Å². The van der Waals surface area contributed by atoms with Crippen LogP contribution in [0.5, 0.6) is 5.75 Å². The van der Waals surface area contributed by atoms with Crippen LogP contribution >= 0.6 is 0 Å². The number of ether oxygens (including phenoxy) is 1. The Morgan fingerprint density at radius 1 is 1.10 bits per heavy atom. The molecule has 0 saturated heterocycles. The Bertz CT molecular complexity index is 1450. The Hall–Kier alpha value is -3.87. The summed E-state index contributed by atoms with van der Waals surface area (Å²) in [4.78, 5) is 29.2. The number of amides is 1. The Kier molecular flexibility index (Phi) is 8.76. The van der Waals surface area contributed by atoms with E-state index < -0.39 is 5.97 Å². The normalized spacial score (nSPS) is 19.1. The molecule has 1 aliphatic heterocycles. The zero-order chi connectivity index (χ0) is 30.1. The standard InChI is InChI=1S/C34H43N3O4/c1-9-35-27-16-29-25(13-20(27)5)31(26-14-21(6)28(36-10-2)17-30(26)41-29)23-12-11-22(15-24(23)33(39)40)32(38)37-18-34(7,8)19(3)4/h11-17,19,25,31,36H,9-10,18H2,1-8H3,(H,37,38)(H,39,40)/p+1. The first-order valence-corrected chi connectivity index (χ1v) is 14.6. The Morgan fingerprint density at radius 3 is 2.46 bits per heavy atom. The van der Waals surface area contributed by atoms with E-state index >= 15 is 0 Å². The van der Waals surface area contributed by atoms with E-state index in [0.717, 1.165) is 46.9 Å². The molecule has 2 atom stereocenters. The molecule has 0 fully saturated rings. The van der Waals surface area contributed by atoms with Crippen molar-refractivity contribution in [3.8, 4) is 5.75 Å². The summed E-state index contributed by atoms with van der Waals surface area (Å²) in [6.07, 6.45) is 4.19. The molecule has 7 nitrogen and oxygen atoms in total. The van der Waals surface area contributed by atoms with Crippen molar-refractivity contribution < 1.29 is 24.4 Å². The van der Waals surface area contributed by atoms with E-state index in [2.05, 4.69) is 69.3 Å². The van der Waals surface area contributed by atoms with E-state index in [4.69, 9.17) is 4.74 Å². The number of carboxylic acid groups (broad SMARTS) is 1. The number of carbonyl (C=O) groups excluding carboxylic acids is 1. The molecule has 2 aromatic rings. The van der Waals surface area contributed by atoms with Crippen LogP contribution in [-0.4, -0.2) is 42.3 Å². The van der Waals surface area contributed by atoms with Gasteiger partial charge in [-0.2, -0.15) is 0 Å². The first-order chi connectivity index (χ1) is 19.4. The molecule has 1 amide bonds. The van der Waals surface area contributed by atoms with Crippen LogP contribution in [0, 0.1) is 24.2 Å². The van der Waals surface area contributed by atoms with Gasteiger partial charge in [0.1, 0.15) is 18.1 Å². The Labute approximate surface area is 243 Å². The molecule has 0 bridgehead atoms. The maximum absolute atomic E-state index is 13.1. The second-order valence-corrected chi connectivity index (χ2v) is 12.1. The number of hydrogen-bond donors (Lipinski definition) is 4. The predicted octanol–water partition coefficient (Wildman–Crippen LogP) is 5.06. The number of benzene rings is 2. The van der Waals surface area contributed by atoms with Crippen molar-refractivity contribution in [3.63, 3.8) is 0 Å². The maximum Gasteiger partial charge on any atom is 0.336 e. The van der Waals surface area contributed by atoms with Gasteiger partial charge in [0.25, 0.3) is 5.91 Å². The molecule has 0 aromatic heterocycles. The van der Waals surface area contributed by atoms with Crippen LogP contribution < -0.4 is 20.4 Å². The fourth-order valence-corrected chi connectivity index (χ4v) is 5.40. The molecule has 218 valence electrons. The SMILES string of the molecule is CCNc1cc2c(cc1C)C(c1ccc(C(=O)NCC(C)(C)C(C)C)cc1C(=O)O)C1C=C(C)C(=[NH+]CC)C=C1O2.